The van der Waals surface area contributed by atoms with Crippen molar-refractivity contribution in [3.05, 3.63) is 101 Å². The molecular formula is C33H36ClN5O3S. The molecule has 1 atom stereocenters. The highest BCUT2D eigenvalue weighted by molar-refractivity contribution is 7.99. The topological polar surface area (TPSA) is 80.6 Å². The number of carbonyl (C=O) groups excluding carboxylic acids is 2. The zero-order chi connectivity index (χ0) is 30.0. The third-order valence-corrected chi connectivity index (χ3v) is 8.68. The minimum atomic E-state index is -0.0816. The van der Waals surface area contributed by atoms with E-state index in [1.807, 2.05) is 48.2 Å². The van der Waals surface area contributed by atoms with Crippen LogP contribution in [0.4, 0.5) is 0 Å². The molecule has 1 saturated heterocycles. The Morgan fingerprint density at radius 3 is 2.35 bits per heavy atom. The number of hydrogen-bond acceptors (Lipinski definition) is 6. The lowest BCUT2D eigenvalue weighted by atomic mass is 10.1. The van der Waals surface area contributed by atoms with Gasteiger partial charge in [-0.2, -0.15) is 0 Å². The molecule has 1 aliphatic rings. The molecule has 1 unspecified atom stereocenters. The first kappa shape index (κ1) is 30.6. The summed E-state index contributed by atoms with van der Waals surface area (Å²) in [6.07, 6.45) is 2.88. The number of para-hydroxylation sites is 1. The van der Waals surface area contributed by atoms with Crippen molar-refractivity contribution in [2.24, 2.45) is 0 Å². The molecule has 0 spiro atoms. The Morgan fingerprint density at radius 2 is 1.63 bits per heavy atom. The Morgan fingerprint density at radius 1 is 0.907 bits per heavy atom. The zero-order valence-corrected chi connectivity index (χ0v) is 25.8. The SMILES string of the molecule is CC1CN(C(=O)CCCCSc2nnc(Cc3ccccc3)n2-c2ccccc2)CCN1C(=O)COc1ccc(Cl)cc1. The number of amides is 2. The summed E-state index contributed by atoms with van der Waals surface area (Å²) in [5.74, 6) is 2.40. The molecule has 0 saturated carbocycles. The molecule has 224 valence electrons. The van der Waals surface area contributed by atoms with Gasteiger partial charge in [0.2, 0.25) is 5.91 Å². The van der Waals surface area contributed by atoms with Gasteiger partial charge in [0.25, 0.3) is 5.91 Å². The molecule has 43 heavy (non-hydrogen) atoms. The first-order chi connectivity index (χ1) is 21.0. The Kier molecular flexibility index (Phi) is 10.7. The quantitative estimate of drug-likeness (QED) is 0.145. The van der Waals surface area contributed by atoms with Crippen LogP contribution in [0.3, 0.4) is 0 Å². The van der Waals surface area contributed by atoms with Crippen LogP contribution in [-0.4, -0.2) is 74.4 Å². The van der Waals surface area contributed by atoms with E-state index in [0.29, 0.717) is 43.2 Å². The lowest BCUT2D eigenvalue weighted by Gasteiger charge is -2.40. The summed E-state index contributed by atoms with van der Waals surface area (Å²) in [6, 6.07) is 27.4. The van der Waals surface area contributed by atoms with Crippen molar-refractivity contribution in [1.82, 2.24) is 24.6 Å². The van der Waals surface area contributed by atoms with Gasteiger partial charge in [-0.15, -0.1) is 10.2 Å². The average Bonchev–Trinajstić information content (AvgIpc) is 3.43. The van der Waals surface area contributed by atoms with Gasteiger partial charge in [-0.05, 0) is 61.7 Å². The Labute approximate surface area is 262 Å². The van der Waals surface area contributed by atoms with Gasteiger partial charge in [-0.3, -0.25) is 14.2 Å². The van der Waals surface area contributed by atoms with Crippen LogP contribution in [0.5, 0.6) is 5.75 Å². The first-order valence-corrected chi connectivity index (χ1v) is 16.0. The van der Waals surface area contributed by atoms with Gasteiger partial charge in [0, 0.05) is 55.0 Å². The molecule has 8 nitrogen and oxygen atoms in total. The van der Waals surface area contributed by atoms with Crippen LogP contribution in [0.15, 0.2) is 90.1 Å². The highest BCUT2D eigenvalue weighted by Crippen LogP contribution is 2.25. The summed E-state index contributed by atoms with van der Waals surface area (Å²) in [6.45, 7) is 3.51. The van der Waals surface area contributed by atoms with E-state index in [4.69, 9.17) is 16.3 Å². The normalized spacial score (nSPS) is 15.0. The fourth-order valence-corrected chi connectivity index (χ4v) is 6.23. The Hall–Kier alpha value is -3.82. The number of thioether (sulfide) groups is 1. The van der Waals surface area contributed by atoms with Crippen LogP contribution in [0.2, 0.25) is 5.02 Å². The predicted molar refractivity (Wildman–Crippen MR) is 170 cm³/mol. The second-order valence-electron chi connectivity index (χ2n) is 10.6. The Balaban J connectivity index is 1.06. The van der Waals surface area contributed by atoms with Crippen molar-refractivity contribution in [2.75, 3.05) is 32.0 Å². The molecule has 1 aliphatic heterocycles. The highest BCUT2D eigenvalue weighted by Gasteiger charge is 2.29. The maximum atomic E-state index is 13.0. The van der Waals surface area contributed by atoms with Crippen LogP contribution in [0.1, 0.15) is 37.6 Å². The lowest BCUT2D eigenvalue weighted by Crippen LogP contribution is -2.56. The number of halogens is 1. The molecule has 3 aromatic carbocycles. The standard InChI is InChI=1S/C33H36ClN5O3S/c1-25-23-37(19-20-38(25)32(41)24-42-29-17-15-27(34)16-18-29)31(40)14-8-9-21-43-33-36-35-30(22-26-10-4-2-5-11-26)39(33)28-12-6-3-7-13-28/h2-7,10-13,15-18,25H,8-9,14,19-24H2,1H3. The van der Waals surface area contributed by atoms with E-state index in [9.17, 15) is 9.59 Å². The van der Waals surface area contributed by atoms with E-state index in [1.165, 1.54) is 5.56 Å². The minimum Gasteiger partial charge on any atom is -0.484 e. The monoisotopic (exact) mass is 617 g/mol. The number of piperazine rings is 1. The van der Waals surface area contributed by atoms with Crippen LogP contribution in [-0.2, 0) is 16.0 Å². The smallest absolute Gasteiger partial charge is 0.260 e. The molecule has 2 amide bonds. The summed E-state index contributed by atoms with van der Waals surface area (Å²) in [4.78, 5) is 29.4. The summed E-state index contributed by atoms with van der Waals surface area (Å²) in [7, 11) is 0. The van der Waals surface area contributed by atoms with E-state index in [0.717, 1.165) is 35.3 Å². The van der Waals surface area contributed by atoms with Crippen molar-refractivity contribution in [1.29, 1.82) is 0 Å². The molecule has 4 aromatic rings. The van der Waals surface area contributed by atoms with Gasteiger partial charge in [-0.25, -0.2) is 0 Å². The van der Waals surface area contributed by atoms with Gasteiger partial charge in [0.05, 0.1) is 0 Å². The first-order valence-electron chi connectivity index (χ1n) is 14.6. The minimum absolute atomic E-state index is 0.0383. The van der Waals surface area contributed by atoms with E-state index >= 15 is 0 Å². The van der Waals surface area contributed by atoms with Crippen LogP contribution < -0.4 is 4.74 Å². The van der Waals surface area contributed by atoms with Gasteiger partial charge < -0.3 is 14.5 Å². The van der Waals surface area contributed by atoms with Crippen LogP contribution in [0, 0.1) is 0 Å². The molecule has 0 bridgehead atoms. The molecule has 1 aromatic heterocycles. The maximum absolute atomic E-state index is 13.0. The molecule has 10 heteroatoms. The summed E-state index contributed by atoms with van der Waals surface area (Å²) < 4.78 is 7.76. The molecule has 0 aliphatic carbocycles. The van der Waals surface area contributed by atoms with Crippen molar-refractivity contribution >= 4 is 35.2 Å². The summed E-state index contributed by atoms with van der Waals surface area (Å²) in [5.41, 5.74) is 2.23. The zero-order valence-electron chi connectivity index (χ0n) is 24.3. The van der Waals surface area contributed by atoms with Crippen LogP contribution >= 0.6 is 23.4 Å². The van der Waals surface area contributed by atoms with Crippen molar-refractivity contribution in [2.45, 2.75) is 43.8 Å². The molecule has 2 heterocycles. The number of benzene rings is 3. The second-order valence-corrected chi connectivity index (χ2v) is 12.1. The molecule has 0 radical (unpaired) electrons. The third-order valence-electron chi connectivity index (χ3n) is 7.41. The van der Waals surface area contributed by atoms with Gasteiger partial charge in [-0.1, -0.05) is 71.9 Å². The number of carbonyl (C=O) groups is 2. The number of nitrogens with zero attached hydrogens (tertiary/aromatic N) is 5. The van der Waals surface area contributed by atoms with Gasteiger partial charge >= 0.3 is 0 Å². The van der Waals surface area contributed by atoms with E-state index in [2.05, 4.69) is 39.0 Å². The average molecular weight is 618 g/mol. The molecular weight excluding hydrogens is 582 g/mol. The summed E-state index contributed by atoms with van der Waals surface area (Å²) in [5, 5.41) is 10.5. The van der Waals surface area contributed by atoms with E-state index in [1.54, 1.807) is 40.9 Å². The largest absolute Gasteiger partial charge is 0.484 e. The number of rotatable bonds is 12. The van der Waals surface area contributed by atoms with Crippen molar-refractivity contribution < 1.29 is 14.3 Å². The summed E-state index contributed by atoms with van der Waals surface area (Å²) >= 11 is 7.58. The van der Waals surface area contributed by atoms with Crippen LogP contribution in [0.25, 0.3) is 5.69 Å². The van der Waals surface area contributed by atoms with E-state index < -0.39 is 0 Å². The third kappa shape index (κ3) is 8.39. The molecule has 0 N–H and O–H groups in total. The number of unbranched alkanes of at least 4 members (excludes halogenated alkanes) is 1. The highest BCUT2D eigenvalue weighted by atomic mass is 35.5. The number of aromatic nitrogens is 3. The fourth-order valence-electron chi connectivity index (χ4n) is 5.14. The number of ether oxygens (including phenoxy) is 1. The fraction of sp³-hybridized carbons (Fsp3) is 0.333. The predicted octanol–water partition coefficient (Wildman–Crippen LogP) is 5.91. The lowest BCUT2D eigenvalue weighted by molar-refractivity contribution is -0.143. The maximum Gasteiger partial charge on any atom is 0.260 e. The van der Waals surface area contributed by atoms with Gasteiger partial charge in [0.1, 0.15) is 11.6 Å². The molecule has 1 fully saturated rings. The van der Waals surface area contributed by atoms with Crippen molar-refractivity contribution in [3.63, 3.8) is 0 Å². The van der Waals surface area contributed by atoms with E-state index in [-0.39, 0.29) is 24.5 Å². The van der Waals surface area contributed by atoms with Gasteiger partial charge in [0.15, 0.2) is 11.8 Å². The molecule has 5 rings (SSSR count). The van der Waals surface area contributed by atoms with Crippen molar-refractivity contribution in [3.8, 4) is 11.4 Å². The second kappa shape index (κ2) is 15.1. The number of hydrogen-bond donors (Lipinski definition) is 0. The Bertz CT molecular complexity index is 1480.